The van der Waals surface area contributed by atoms with Crippen LogP contribution in [-0.2, 0) is 0 Å². The van der Waals surface area contributed by atoms with E-state index >= 15 is 0 Å². The Balaban J connectivity index is 1.75. The summed E-state index contributed by atoms with van der Waals surface area (Å²) < 4.78 is 10.0. The van der Waals surface area contributed by atoms with E-state index in [0.717, 1.165) is 6.26 Å². The fourth-order valence-electron chi connectivity index (χ4n) is 1.49. The Morgan fingerprint density at radius 3 is 2.60 bits per heavy atom. The van der Waals surface area contributed by atoms with Gasteiger partial charge in [-0.25, -0.2) is 4.79 Å². The van der Waals surface area contributed by atoms with Gasteiger partial charge in [0.05, 0.1) is 12.1 Å². The lowest BCUT2D eigenvalue weighted by molar-refractivity contribution is 0.0944. The standard InChI is InChI=1S/C14H14N2O4/c15-11-2-4-12(5-3-11)19-8-7-16-14(18)10-1-6-13(17)20-9-10/h1-6,9H,7-8,15H2,(H,16,18). The Kier molecular flexibility index (Phi) is 4.39. The van der Waals surface area contributed by atoms with Crippen molar-refractivity contribution in [2.75, 3.05) is 18.9 Å². The second kappa shape index (κ2) is 6.42. The largest absolute Gasteiger partial charge is 0.492 e. The van der Waals surface area contributed by atoms with Crippen LogP contribution in [0.15, 0.2) is 51.9 Å². The van der Waals surface area contributed by atoms with Crippen molar-refractivity contribution >= 4 is 11.6 Å². The molecular formula is C14H14N2O4. The summed E-state index contributed by atoms with van der Waals surface area (Å²) in [6, 6.07) is 9.58. The van der Waals surface area contributed by atoms with Gasteiger partial charge in [-0.2, -0.15) is 0 Å². The minimum Gasteiger partial charge on any atom is -0.492 e. The first-order chi connectivity index (χ1) is 9.65. The van der Waals surface area contributed by atoms with Crippen LogP contribution in [0, 0.1) is 0 Å². The second-order valence-corrected chi connectivity index (χ2v) is 4.02. The fourth-order valence-corrected chi connectivity index (χ4v) is 1.49. The predicted octanol–water partition coefficient (Wildman–Crippen LogP) is 1.03. The van der Waals surface area contributed by atoms with Crippen molar-refractivity contribution in [2.24, 2.45) is 0 Å². The van der Waals surface area contributed by atoms with Gasteiger partial charge in [-0.1, -0.05) is 0 Å². The van der Waals surface area contributed by atoms with Crippen molar-refractivity contribution in [3.63, 3.8) is 0 Å². The Labute approximate surface area is 115 Å². The summed E-state index contributed by atoms with van der Waals surface area (Å²) in [7, 11) is 0. The van der Waals surface area contributed by atoms with E-state index in [1.807, 2.05) is 0 Å². The number of nitrogen functional groups attached to an aromatic ring is 1. The molecule has 0 atom stereocenters. The summed E-state index contributed by atoms with van der Waals surface area (Å²) in [5.74, 6) is 0.355. The zero-order valence-electron chi connectivity index (χ0n) is 10.7. The first kappa shape index (κ1) is 13.7. The molecule has 6 heteroatoms. The third kappa shape index (κ3) is 3.88. The van der Waals surface area contributed by atoms with Gasteiger partial charge in [0, 0.05) is 11.8 Å². The van der Waals surface area contributed by atoms with Crippen molar-refractivity contribution < 1.29 is 13.9 Å². The number of hydrogen-bond acceptors (Lipinski definition) is 5. The van der Waals surface area contributed by atoms with Crippen LogP contribution >= 0.6 is 0 Å². The number of hydrogen-bond donors (Lipinski definition) is 2. The van der Waals surface area contributed by atoms with Crippen LogP contribution in [0.3, 0.4) is 0 Å². The van der Waals surface area contributed by atoms with E-state index in [1.54, 1.807) is 24.3 Å². The molecule has 0 fully saturated rings. The molecule has 0 saturated carbocycles. The number of ether oxygens (including phenoxy) is 1. The second-order valence-electron chi connectivity index (χ2n) is 4.02. The fraction of sp³-hybridized carbons (Fsp3) is 0.143. The number of carbonyl (C=O) groups is 1. The number of nitrogens with two attached hydrogens (primary N) is 1. The minimum atomic E-state index is -0.492. The first-order valence-electron chi connectivity index (χ1n) is 6.00. The molecule has 3 N–H and O–H groups in total. The molecule has 2 rings (SSSR count). The Hall–Kier alpha value is -2.76. The lowest BCUT2D eigenvalue weighted by Crippen LogP contribution is -2.28. The molecule has 0 radical (unpaired) electrons. The van der Waals surface area contributed by atoms with E-state index < -0.39 is 5.63 Å². The van der Waals surface area contributed by atoms with Crippen LogP contribution in [0.5, 0.6) is 5.75 Å². The molecule has 20 heavy (non-hydrogen) atoms. The van der Waals surface area contributed by atoms with E-state index in [9.17, 15) is 9.59 Å². The van der Waals surface area contributed by atoms with Gasteiger partial charge in [-0.15, -0.1) is 0 Å². The zero-order chi connectivity index (χ0) is 14.4. The number of carbonyl (C=O) groups excluding carboxylic acids is 1. The summed E-state index contributed by atoms with van der Waals surface area (Å²) in [5, 5.41) is 2.65. The third-order valence-electron chi connectivity index (χ3n) is 2.50. The van der Waals surface area contributed by atoms with Gasteiger partial charge in [0.2, 0.25) is 0 Å². The molecule has 6 nitrogen and oxygen atoms in total. The first-order valence-corrected chi connectivity index (χ1v) is 6.00. The topological polar surface area (TPSA) is 94.6 Å². The molecule has 0 saturated heterocycles. The van der Waals surface area contributed by atoms with E-state index in [1.165, 1.54) is 12.1 Å². The Morgan fingerprint density at radius 1 is 1.20 bits per heavy atom. The van der Waals surface area contributed by atoms with Gasteiger partial charge in [0.1, 0.15) is 18.6 Å². The summed E-state index contributed by atoms with van der Waals surface area (Å²) in [5.41, 5.74) is 6.01. The van der Waals surface area contributed by atoms with E-state index in [0.29, 0.717) is 24.6 Å². The summed E-state index contributed by atoms with van der Waals surface area (Å²) in [6.07, 6.45) is 1.12. The third-order valence-corrected chi connectivity index (χ3v) is 2.50. The van der Waals surface area contributed by atoms with E-state index in [-0.39, 0.29) is 11.5 Å². The molecule has 104 valence electrons. The quantitative estimate of drug-likeness (QED) is 0.627. The number of anilines is 1. The van der Waals surface area contributed by atoms with Crippen molar-refractivity contribution in [1.82, 2.24) is 5.32 Å². The van der Waals surface area contributed by atoms with Crippen molar-refractivity contribution in [1.29, 1.82) is 0 Å². The molecule has 2 aromatic rings. The summed E-state index contributed by atoms with van der Waals surface area (Å²) in [4.78, 5) is 22.4. The predicted molar refractivity (Wildman–Crippen MR) is 73.7 cm³/mol. The molecule has 1 aromatic heterocycles. The van der Waals surface area contributed by atoms with Crippen LogP contribution in [0.25, 0.3) is 0 Å². The number of rotatable bonds is 5. The number of amides is 1. The molecule has 1 amide bonds. The molecule has 0 aliphatic rings. The van der Waals surface area contributed by atoms with Gasteiger partial charge >= 0.3 is 5.63 Å². The molecule has 0 aliphatic carbocycles. The smallest absolute Gasteiger partial charge is 0.335 e. The maximum absolute atomic E-state index is 11.7. The van der Waals surface area contributed by atoms with E-state index in [4.69, 9.17) is 10.5 Å². The monoisotopic (exact) mass is 274 g/mol. The minimum absolute atomic E-state index is 0.289. The highest BCUT2D eigenvalue weighted by molar-refractivity contribution is 5.93. The maximum Gasteiger partial charge on any atom is 0.335 e. The highest BCUT2D eigenvalue weighted by Crippen LogP contribution is 2.12. The SMILES string of the molecule is Nc1ccc(OCCNC(=O)c2ccc(=O)oc2)cc1. The van der Waals surface area contributed by atoms with Crippen LogP contribution < -0.4 is 21.4 Å². The lowest BCUT2D eigenvalue weighted by Gasteiger charge is -2.07. The summed E-state index contributed by atoms with van der Waals surface area (Å²) >= 11 is 0. The molecule has 0 aliphatic heterocycles. The zero-order valence-corrected chi connectivity index (χ0v) is 10.7. The number of nitrogens with one attached hydrogen (secondary N) is 1. The van der Waals surface area contributed by atoms with Gasteiger partial charge in [-0.3, -0.25) is 4.79 Å². The van der Waals surface area contributed by atoms with Crippen molar-refractivity contribution in [3.05, 3.63) is 58.6 Å². The Morgan fingerprint density at radius 2 is 1.95 bits per heavy atom. The normalized spacial score (nSPS) is 10.0. The molecule has 0 unspecified atom stereocenters. The van der Waals surface area contributed by atoms with Crippen LogP contribution in [0.2, 0.25) is 0 Å². The summed E-state index contributed by atoms with van der Waals surface area (Å²) in [6.45, 7) is 0.661. The number of benzene rings is 1. The van der Waals surface area contributed by atoms with Crippen molar-refractivity contribution in [2.45, 2.75) is 0 Å². The molecule has 0 bridgehead atoms. The highest BCUT2D eigenvalue weighted by atomic mass is 16.5. The van der Waals surface area contributed by atoms with Crippen LogP contribution in [0.1, 0.15) is 10.4 Å². The van der Waals surface area contributed by atoms with E-state index in [2.05, 4.69) is 9.73 Å². The average Bonchev–Trinajstić information content (AvgIpc) is 2.46. The maximum atomic E-state index is 11.7. The van der Waals surface area contributed by atoms with Crippen LogP contribution in [-0.4, -0.2) is 19.1 Å². The van der Waals surface area contributed by atoms with Gasteiger partial charge in [0.25, 0.3) is 5.91 Å². The van der Waals surface area contributed by atoms with Gasteiger partial charge in [0.15, 0.2) is 0 Å². The van der Waals surface area contributed by atoms with Crippen LogP contribution in [0.4, 0.5) is 5.69 Å². The average molecular weight is 274 g/mol. The Bertz CT molecular complexity index is 614. The molecule has 1 aromatic carbocycles. The highest BCUT2D eigenvalue weighted by Gasteiger charge is 2.05. The molecule has 1 heterocycles. The van der Waals surface area contributed by atoms with Gasteiger partial charge < -0.3 is 20.2 Å². The molecular weight excluding hydrogens is 260 g/mol. The lowest BCUT2D eigenvalue weighted by atomic mass is 10.3. The van der Waals surface area contributed by atoms with Crippen molar-refractivity contribution in [3.8, 4) is 5.75 Å². The van der Waals surface area contributed by atoms with Gasteiger partial charge in [-0.05, 0) is 30.3 Å². The molecule has 0 spiro atoms.